The van der Waals surface area contributed by atoms with E-state index < -0.39 is 17.3 Å². The molecule has 1 heterocycles. The Labute approximate surface area is 110 Å². The monoisotopic (exact) mass is 258 g/mol. The van der Waals surface area contributed by atoms with Crippen LogP contribution in [0.15, 0.2) is 36.4 Å². The summed E-state index contributed by atoms with van der Waals surface area (Å²) >= 11 is 0. The summed E-state index contributed by atoms with van der Waals surface area (Å²) in [7, 11) is 0. The van der Waals surface area contributed by atoms with Crippen LogP contribution in [0.5, 0.6) is 0 Å². The van der Waals surface area contributed by atoms with Crippen LogP contribution in [0.3, 0.4) is 0 Å². The summed E-state index contributed by atoms with van der Waals surface area (Å²) in [5.74, 6) is -2.11. The minimum Gasteiger partial charge on any atom is -0.480 e. The van der Waals surface area contributed by atoms with Crippen LogP contribution in [0.1, 0.15) is 12.6 Å². The Balaban J connectivity index is 2.40. The second kappa shape index (κ2) is 4.68. The molecule has 0 radical (unpaired) electrons. The molecule has 5 nitrogen and oxygen atoms in total. The minimum absolute atomic E-state index is 0.0253. The Kier molecular flexibility index (Phi) is 3.21. The maximum Gasteiger partial charge on any atom is 0.319 e. The number of aliphatic carboxylic acids is 1. The fourth-order valence-corrected chi connectivity index (χ4v) is 1.84. The van der Waals surface area contributed by atoms with Gasteiger partial charge < -0.3 is 10.8 Å². The van der Waals surface area contributed by atoms with Gasteiger partial charge in [0.1, 0.15) is 5.41 Å². The third-order valence-electron chi connectivity index (χ3n) is 3.21. The number of primary amides is 1. The predicted molar refractivity (Wildman–Crippen MR) is 70.4 cm³/mol. The highest BCUT2D eigenvalue weighted by atomic mass is 16.4. The SMILES string of the molecule is CC(Cc1ccc2ccccc2n1)(C(N)=O)C(=O)O. The Morgan fingerprint density at radius 1 is 1.26 bits per heavy atom. The van der Waals surface area contributed by atoms with E-state index in [1.165, 1.54) is 6.92 Å². The minimum atomic E-state index is -1.64. The van der Waals surface area contributed by atoms with Crippen molar-refractivity contribution in [2.45, 2.75) is 13.3 Å². The lowest BCUT2D eigenvalue weighted by Crippen LogP contribution is -2.43. The van der Waals surface area contributed by atoms with Crippen molar-refractivity contribution in [2.24, 2.45) is 11.1 Å². The van der Waals surface area contributed by atoms with Gasteiger partial charge >= 0.3 is 5.97 Å². The van der Waals surface area contributed by atoms with Crippen LogP contribution in [0.25, 0.3) is 10.9 Å². The summed E-state index contributed by atoms with van der Waals surface area (Å²) in [6.45, 7) is 1.31. The molecule has 2 rings (SSSR count). The number of carboxylic acids is 1. The molecule has 0 aliphatic carbocycles. The number of rotatable bonds is 4. The van der Waals surface area contributed by atoms with E-state index in [4.69, 9.17) is 10.8 Å². The number of nitrogens with two attached hydrogens (primary N) is 1. The largest absolute Gasteiger partial charge is 0.480 e. The van der Waals surface area contributed by atoms with Crippen LogP contribution in [-0.2, 0) is 16.0 Å². The third-order valence-corrected chi connectivity index (χ3v) is 3.21. The Hall–Kier alpha value is -2.43. The number of hydrogen-bond acceptors (Lipinski definition) is 3. The van der Waals surface area contributed by atoms with Gasteiger partial charge in [-0.1, -0.05) is 24.3 Å². The number of fused-ring (bicyclic) bond motifs is 1. The number of aromatic nitrogens is 1. The second-order valence-corrected chi connectivity index (χ2v) is 4.67. The lowest BCUT2D eigenvalue weighted by Gasteiger charge is -2.20. The van der Waals surface area contributed by atoms with E-state index >= 15 is 0 Å². The van der Waals surface area contributed by atoms with Gasteiger partial charge in [-0.25, -0.2) is 0 Å². The molecule has 1 atom stereocenters. The number of pyridine rings is 1. The number of para-hydroxylation sites is 1. The van der Waals surface area contributed by atoms with E-state index in [0.29, 0.717) is 5.69 Å². The van der Waals surface area contributed by atoms with Crippen molar-refractivity contribution in [2.75, 3.05) is 0 Å². The third kappa shape index (κ3) is 2.40. The van der Waals surface area contributed by atoms with Crippen molar-refractivity contribution in [1.29, 1.82) is 0 Å². The van der Waals surface area contributed by atoms with Gasteiger partial charge in [-0.05, 0) is 19.1 Å². The van der Waals surface area contributed by atoms with Gasteiger partial charge in [0.05, 0.1) is 5.52 Å². The summed E-state index contributed by atoms with van der Waals surface area (Å²) < 4.78 is 0. The molecule has 0 bridgehead atoms. The maximum absolute atomic E-state index is 11.3. The fraction of sp³-hybridized carbons (Fsp3) is 0.214. The lowest BCUT2D eigenvalue weighted by atomic mass is 9.84. The zero-order valence-corrected chi connectivity index (χ0v) is 10.5. The normalized spacial score (nSPS) is 13.9. The van der Waals surface area contributed by atoms with E-state index in [-0.39, 0.29) is 6.42 Å². The van der Waals surface area contributed by atoms with Gasteiger partial charge in [-0.3, -0.25) is 14.6 Å². The Morgan fingerprint density at radius 2 is 1.95 bits per heavy atom. The van der Waals surface area contributed by atoms with Crippen molar-refractivity contribution in [1.82, 2.24) is 4.98 Å². The Morgan fingerprint density at radius 3 is 2.58 bits per heavy atom. The number of amides is 1. The zero-order chi connectivity index (χ0) is 14.0. The van der Waals surface area contributed by atoms with Crippen LogP contribution in [0.2, 0.25) is 0 Å². The molecule has 1 aromatic carbocycles. The highest BCUT2D eigenvalue weighted by molar-refractivity contribution is 6.00. The summed E-state index contributed by atoms with van der Waals surface area (Å²) in [5.41, 5.74) is 4.83. The van der Waals surface area contributed by atoms with Gasteiger partial charge in [-0.2, -0.15) is 0 Å². The molecule has 0 aliphatic heterocycles. The smallest absolute Gasteiger partial charge is 0.319 e. The first-order valence-electron chi connectivity index (χ1n) is 5.81. The lowest BCUT2D eigenvalue weighted by molar-refractivity contribution is -0.153. The molecule has 2 aromatic rings. The molecular formula is C14H14N2O3. The average Bonchev–Trinajstić information content (AvgIpc) is 2.38. The highest BCUT2D eigenvalue weighted by Crippen LogP contribution is 2.23. The molecule has 1 unspecified atom stereocenters. The van der Waals surface area contributed by atoms with Crippen molar-refractivity contribution in [3.8, 4) is 0 Å². The van der Waals surface area contributed by atoms with Crippen LogP contribution in [0.4, 0.5) is 0 Å². The molecular weight excluding hydrogens is 244 g/mol. The van der Waals surface area contributed by atoms with Gasteiger partial charge in [0, 0.05) is 17.5 Å². The first-order chi connectivity index (χ1) is 8.93. The summed E-state index contributed by atoms with van der Waals surface area (Å²) in [6, 6.07) is 11.1. The molecule has 1 amide bonds. The summed E-state index contributed by atoms with van der Waals surface area (Å²) in [5, 5.41) is 10.1. The predicted octanol–water partition coefficient (Wildman–Crippen LogP) is 1.35. The van der Waals surface area contributed by atoms with E-state index in [1.54, 1.807) is 6.07 Å². The summed E-state index contributed by atoms with van der Waals surface area (Å²) in [6.07, 6.45) is -0.0253. The molecule has 5 heteroatoms. The topological polar surface area (TPSA) is 93.3 Å². The quantitative estimate of drug-likeness (QED) is 0.809. The van der Waals surface area contributed by atoms with Crippen molar-refractivity contribution in [3.63, 3.8) is 0 Å². The molecule has 0 saturated carbocycles. The van der Waals surface area contributed by atoms with Crippen molar-refractivity contribution < 1.29 is 14.7 Å². The number of nitrogens with zero attached hydrogens (tertiary/aromatic N) is 1. The fourth-order valence-electron chi connectivity index (χ4n) is 1.84. The van der Waals surface area contributed by atoms with Crippen LogP contribution >= 0.6 is 0 Å². The molecule has 0 spiro atoms. The number of carboxylic acid groups (broad SMARTS) is 1. The van der Waals surface area contributed by atoms with Crippen molar-refractivity contribution >= 4 is 22.8 Å². The molecule has 3 N–H and O–H groups in total. The molecule has 0 aliphatic rings. The van der Waals surface area contributed by atoms with Gasteiger partial charge in [0.2, 0.25) is 5.91 Å². The van der Waals surface area contributed by atoms with E-state index in [9.17, 15) is 9.59 Å². The first kappa shape index (κ1) is 13.0. The second-order valence-electron chi connectivity index (χ2n) is 4.67. The van der Waals surface area contributed by atoms with Crippen LogP contribution in [0, 0.1) is 5.41 Å². The summed E-state index contributed by atoms with van der Waals surface area (Å²) in [4.78, 5) is 26.9. The van der Waals surface area contributed by atoms with Crippen LogP contribution in [-0.4, -0.2) is 22.0 Å². The number of carbonyl (C=O) groups excluding carboxylic acids is 1. The molecule has 0 saturated heterocycles. The van der Waals surface area contributed by atoms with Gasteiger partial charge in [-0.15, -0.1) is 0 Å². The maximum atomic E-state index is 11.3. The van der Waals surface area contributed by atoms with Crippen LogP contribution < -0.4 is 5.73 Å². The number of carbonyl (C=O) groups is 2. The molecule has 98 valence electrons. The van der Waals surface area contributed by atoms with E-state index in [0.717, 1.165) is 10.9 Å². The standard InChI is InChI=1S/C14H14N2O3/c1-14(12(15)17,13(18)19)8-10-7-6-9-4-2-3-5-11(9)16-10/h2-7H,8H2,1H3,(H2,15,17)(H,18,19). The Bertz CT molecular complexity index is 638. The molecule has 19 heavy (non-hydrogen) atoms. The number of hydrogen-bond donors (Lipinski definition) is 2. The van der Waals surface area contributed by atoms with Gasteiger partial charge in [0.25, 0.3) is 0 Å². The molecule has 1 aromatic heterocycles. The first-order valence-corrected chi connectivity index (χ1v) is 5.81. The average molecular weight is 258 g/mol. The highest BCUT2D eigenvalue weighted by Gasteiger charge is 2.40. The van der Waals surface area contributed by atoms with E-state index in [2.05, 4.69) is 4.98 Å². The molecule has 0 fully saturated rings. The van der Waals surface area contributed by atoms with Crippen molar-refractivity contribution in [3.05, 3.63) is 42.1 Å². The van der Waals surface area contributed by atoms with E-state index in [1.807, 2.05) is 30.3 Å². The van der Waals surface area contributed by atoms with Gasteiger partial charge in [0.15, 0.2) is 0 Å². The zero-order valence-electron chi connectivity index (χ0n) is 10.5. The number of benzene rings is 1.